The van der Waals surface area contributed by atoms with E-state index in [0.29, 0.717) is 0 Å². The summed E-state index contributed by atoms with van der Waals surface area (Å²) in [5.41, 5.74) is 0.149. The lowest BCUT2D eigenvalue weighted by molar-refractivity contribution is -0.118. The van der Waals surface area contributed by atoms with Gasteiger partial charge in [0.1, 0.15) is 5.75 Å². The van der Waals surface area contributed by atoms with Gasteiger partial charge >= 0.3 is 0 Å². The molecule has 0 aromatic heterocycles. The van der Waals surface area contributed by atoms with Crippen molar-refractivity contribution in [1.29, 1.82) is 0 Å². The maximum Gasteiger partial charge on any atom is 0.255 e. The molecule has 0 aliphatic rings. The number of aromatic hydroxyl groups is 1. The summed E-state index contributed by atoms with van der Waals surface area (Å²) in [5.74, 6) is -0.526. The van der Waals surface area contributed by atoms with Crippen LogP contribution < -0.4 is 5.32 Å². The Bertz CT molecular complexity index is 406. The van der Waals surface area contributed by atoms with Gasteiger partial charge in [0.15, 0.2) is 5.78 Å². The molecule has 0 saturated heterocycles. The summed E-state index contributed by atoms with van der Waals surface area (Å²) in [7, 11) is 0. The summed E-state index contributed by atoms with van der Waals surface area (Å²) < 4.78 is 0. The summed E-state index contributed by atoms with van der Waals surface area (Å²) in [6, 6.07) is 5.53. The molecule has 0 aliphatic heterocycles. The molecule has 86 valence electrons. The van der Waals surface area contributed by atoms with Crippen molar-refractivity contribution >= 4 is 24.3 Å². The van der Waals surface area contributed by atoms with E-state index in [1.165, 1.54) is 19.1 Å². The van der Waals surface area contributed by atoms with Gasteiger partial charge < -0.3 is 10.4 Å². The Morgan fingerprint density at radius 1 is 1.44 bits per heavy atom. The molecule has 1 atom stereocenters. The van der Waals surface area contributed by atoms with Crippen LogP contribution in [0, 0.1) is 0 Å². The maximum absolute atomic E-state index is 11.7. The first kappa shape index (κ1) is 12.6. The number of ketones is 1. The monoisotopic (exact) mass is 239 g/mol. The van der Waals surface area contributed by atoms with Crippen molar-refractivity contribution in [2.45, 2.75) is 13.0 Å². The number of phenols is 1. The SMILES string of the molecule is CC(=O)[C@H](CS)NC(=O)c1ccccc1O. The average molecular weight is 239 g/mol. The fraction of sp³-hybridized carbons (Fsp3) is 0.273. The van der Waals surface area contributed by atoms with Crippen LogP contribution in [-0.2, 0) is 4.79 Å². The van der Waals surface area contributed by atoms with Crippen LogP contribution in [0.5, 0.6) is 5.75 Å². The second-order valence-electron chi connectivity index (χ2n) is 3.34. The fourth-order valence-electron chi connectivity index (χ4n) is 1.18. The van der Waals surface area contributed by atoms with Crippen LogP contribution >= 0.6 is 12.6 Å². The number of Topliss-reactive ketones (excluding diaryl/α,β-unsaturated/α-hetero) is 1. The van der Waals surface area contributed by atoms with E-state index < -0.39 is 11.9 Å². The van der Waals surface area contributed by atoms with Crippen LogP contribution in [0.2, 0.25) is 0 Å². The second kappa shape index (κ2) is 5.55. The summed E-state index contributed by atoms with van der Waals surface area (Å²) in [6.45, 7) is 1.38. The number of rotatable bonds is 4. The molecular formula is C11H13NO3S. The first-order chi connectivity index (χ1) is 7.56. The number of benzene rings is 1. The Morgan fingerprint density at radius 3 is 2.56 bits per heavy atom. The summed E-state index contributed by atoms with van der Waals surface area (Å²) >= 11 is 3.97. The van der Waals surface area contributed by atoms with E-state index in [4.69, 9.17) is 0 Å². The normalized spacial score (nSPS) is 11.9. The quantitative estimate of drug-likeness (QED) is 0.687. The molecular weight excluding hydrogens is 226 g/mol. The van der Waals surface area contributed by atoms with Gasteiger partial charge in [-0.25, -0.2) is 0 Å². The molecule has 1 rings (SSSR count). The van der Waals surface area contributed by atoms with Crippen molar-refractivity contribution in [2.75, 3.05) is 5.75 Å². The predicted octanol–water partition coefficient (Wildman–Crippen LogP) is 1.01. The first-order valence-electron chi connectivity index (χ1n) is 4.76. The van der Waals surface area contributed by atoms with E-state index in [1.54, 1.807) is 12.1 Å². The van der Waals surface area contributed by atoms with E-state index in [-0.39, 0.29) is 22.8 Å². The molecule has 5 heteroatoms. The standard InChI is InChI=1S/C11H13NO3S/c1-7(13)9(6-16)12-11(15)8-4-2-3-5-10(8)14/h2-5,9,14,16H,6H2,1H3,(H,12,15)/t9-/m0/s1. The Hall–Kier alpha value is -1.49. The summed E-state index contributed by atoms with van der Waals surface area (Å²) in [6.07, 6.45) is 0. The molecule has 2 N–H and O–H groups in total. The van der Waals surface area contributed by atoms with Crippen molar-refractivity contribution in [3.05, 3.63) is 29.8 Å². The lowest BCUT2D eigenvalue weighted by Crippen LogP contribution is -2.41. The summed E-state index contributed by atoms with van der Waals surface area (Å²) in [4.78, 5) is 22.8. The number of phenolic OH excluding ortho intramolecular Hbond substituents is 1. The smallest absolute Gasteiger partial charge is 0.255 e. The largest absolute Gasteiger partial charge is 0.507 e. The van der Waals surface area contributed by atoms with Gasteiger partial charge in [0.2, 0.25) is 0 Å². The molecule has 0 spiro atoms. The highest BCUT2D eigenvalue weighted by atomic mass is 32.1. The zero-order valence-corrected chi connectivity index (χ0v) is 9.70. The highest BCUT2D eigenvalue weighted by Crippen LogP contribution is 2.15. The molecule has 1 aromatic carbocycles. The highest BCUT2D eigenvalue weighted by molar-refractivity contribution is 7.80. The average Bonchev–Trinajstić information content (AvgIpc) is 2.25. The number of hydrogen-bond acceptors (Lipinski definition) is 4. The minimum Gasteiger partial charge on any atom is -0.507 e. The number of amides is 1. The van der Waals surface area contributed by atoms with Gasteiger partial charge in [0.05, 0.1) is 11.6 Å². The Labute approximate surface area is 99.1 Å². The maximum atomic E-state index is 11.7. The predicted molar refractivity (Wildman–Crippen MR) is 63.9 cm³/mol. The van der Waals surface area contributed by atoms with Crippen LogP contribution in [0.3, 0.4) is 0 Å². The van der Waals surface area contributed by atoms with Gasteiger partial charge in [-0.05, 0) is 19.1 Å². The molecule has 0 aliphatic carbocycles. The van der Waals surface area contributed by atoms with Crippen LogP contribution in [0.4, 0.5) is 0 Å². The number of carbonyl (C=O) groups is 2. The molecule has 0 fully saturated rings. The van der Waals surface area contributed by atoms with Crippen LogP contribution in [0.1, 0.15) is 17.3 Å². The van der Waals surface area contributed by atoms with Crippen molar-refractivity contribution in [3.8, 4) is 5.75 Å². The third-order valence-electron chi connectivity index (χ3n) is 2.13. The number of para-hydroxylation sites is 1. The summed E-state index contributed by atoms with van der Waals surface area (Å²) in [5, 5.41) is 11.9. The fourth-order valence-corrected chi connectivity index (χ4v) is 1.53. The van der Waals surface area contributed by atoms with Crippen molar-refractivity contribution in [2.24, 2.45) is 0 Å². The molecule has 4 nitrogen and oxygen atoms in total. The number of nitrogens with one attached hydrogen (secondary N) is 1. The Kier molecular flexibility index (Phi) is 4.37. The third kappa shape index (κ3) is 3.00. The van der Waals surface area contributed by atoms with Gasteiger partial charge in [0.25, 0.3) is 5.91 Å². The zero-order valence-electron chi connectivity index (χ0n) is 8.80. The molecule has 0 radical (unpaired) electrons. The topological polar surface area (TPSA) is 66.4 Å². The number of carbonyl (C=O) groups excluding carboxylic acids is 2. The van der Waals surface area contributed by atoms with Crippen LogP contribution in [0.25, 0.3) is 0 Å². The van der Waals surface area contributed by atoms with Gasteiger partial charge in [-0.3, -0.25) is 9.59 Å². The molecule has 0 heterocycles. The van der Waals surface area contributed by atoms with E-state index in [2.05, 4.69) is 17.9 Å². The van der Waals surface area contributed by atoms with Gasteiger partial charge in [0, 0.05) is 5.75 Å². The Morgan fingerprint density at radius 2 is 2.06 bits per heavy atom. The molecule has 1 amide bonds. The van der Waals surface area contributed by atoms with Crippen LogP contribution in [-0.4, -0.2) is 28.6 Å². The lowest BCUT2D eigenvalue weighted by atomic mass is 10.1. The molecule has 0 bridgehead atoms. The molecule has 16 heavy (non-hydrogen) atoms. The van der Waals surface area contributed by atoms with E-state index in [9.17, 15) is 14.7 Å². The first-order valence-corrected chi connectivity index (χ1v) is 5.39. The molecule has 1 aromatic rings. The lowest BCUT2D eigenvalue weighted by Gasteiger charge is -2.13. The van der Waals surface area contributed by atoms with Gasteiger partial charge in [-0.2, -0.15) is 12.6 Å². The zero-order chi connectivity index (χ0) is 12.1. The second-order valence-corrected chi connectivity index (χ2v) is 3.70. The highest BCUT2D eigenvalue weighted by Gasteiger charge is 2.17. The number of hydrogen-bond donors (Lipinski definition) is 3. The molecule has 0 unspecified atom stereocenters. The minimum atomic E-state index is -0.629. The van der Waals surface area contributed by atoms with Crippen molar-refractivity contribution in [1.82, 2.24) is 5.32 Å². The van der Waals surface area contributed by atoms with E-state index >= 15 is 0 Å². The Balaban J connectivity index is 2.80. The molecule has 0 saturated carbocycles. The number of thiol groups is 1. The van der Waals surface area contributed by atoms with Crippen molar-refractivity contribution in [3.63, 3.8) is 0 Å². The van der Waals surface area contributed by atoms with Gasteiger partial charge in [-0.15, -0.1) is 0 Å². The van der Waals surface area contributed by atoms with Gasteiger partial charge in [-0.1, -0.05) is 12.1 Å². The van der Waals surface area contributed by atoms with Crippen molar-refractivity contribution < 1.29 is 14.7 Å². The van der Waals surface area contributed by atoms with Crippen LogP contribution in [0.15, 0.2) is 24.3 Å². The van der Waals surface area contributed by atoms with E-state index in [0.717, 1.165) is 0 Å². The van der Waals surface area contributed by atoms with E-state index in [1.807, 2.05) is 0 Å². The third-order valence-corrected chi connectivity index (χ3v) is 2.49. The minimum absolute atomic E-state index is 0.110.